The number of furan rings is 1. The van der Waals surface area contributed by atoms with Crippen molar-refractivity contribution in [3.63, 3.8) is 0 Å². The van der Waals surface area contributed by atoms with Crippen molar-refractivity contribution >= 4 is 121 Å². The van der Waals surface area contributed by atoms with Gasteiger partial charge in [0.1, 0.15) is 105 Å². The van der Waals surface area contributed by atoms with Crippen LogP contribution in [0.4, 0.5) is 0 Å². The first-order valence-electron chi connectivity index (χ1n) is 45.6. The predicted octanol–water partition coefficient (Wildman–Crippen LogP) is 18.6. The molecule has 25 heterocycles. The number of thiophene rings is 1. The van der Waals surface area contributed by atoms with E-state index in [1.54, 1.807) is 29.8 Å². The fourth-order valence-corrected chi connectivity index (χ4v) is 21.8. The van der Waals surface area contributed by atoms with E-state index in [0.717, 1.165) is 183 Å². The number of aryl methyl sites for hydroxylation is 2. The Labute approximate surface area is 765 Å². The van der Waals surface area contributed by atoms with Gasteiger partial charge >= 0.3 is 5.71 Å². The van der Waals surface area contributed by atoms with Crippen LogP contribution in [0.15, 0.2) is 370 Å². The van der Waals surface area contributed by atoms with Gasteiger partial charge in [-0.25, -0.2) is 56.5 Å². The first-order chi connectivity index (χ1) is 67.1. The zero-order valence-corrected chi connectivity index (χ0v) is 72.1. The highest BCUT2D eigenvalue weighted by molar-refractivity contribution is 7.25. The summed E-state index contributed by atoms with van der Waals surface area (Å²) in [5.41, 5.74) is 35.0. The summed E-state index contributed by atoms with van der Waals surface area (Å²) in [6.07, 6.45) is 18.4. The van der Waals surface area contributed by atoms with Crippen molar-refractivity contribution in [2.75, 3.05) is 0 Å². The smallest absolute Gasteiger partial charge is 0.341 e. The SMILES string of the molecule is Cn1c2cccnc2c2c1[n+]1c(n2-c2ccccc2)-c2cccnc2C1.[2H]C([2H])([2H])n1c2cccnc2c2c1[n+]1c(n2-c2ccccc2)-c2cccnc2C1.c1ccc(-n2c3[n+](c4c2c2ncccc2n4-c2ccccc2)Cc2ncccc2-3)cc1.c1ccc(-n2c3[n+](c4oc5cccnc5c42)Cc2ncccc2-3)cc1.c1ccc(-n2c3[n+](c4sc5cccnc5c42)Cc2ncccc2-3)cc1. The standard InChI is InChI=1S/C26H18N5.2C21H16N5.C20H13N4O.C20H13N4S/c1-3-9-18(10-4-1)30-22-14-8-16-28-23(22)24-26(30)29-17-21-20(13-7-15-27-21)25(29)31(24)19-11-5-2-6-12-19;2*1-24-17-10-6-12-23-18(17)19-21(24)25-13-16-15(9-5-11-22-16)20(25)26(19)14-7-3-2-4-8-14;2*1-2-6-13(7-3-1)24-18-17-16(9-5-11-22-17)25-20(18)23-12-15-14(19(23)24)8-4-10-21-15/h1-16H,17H2;2*2-12H,13H2,1H3;2*1-11H,12H2/q5*+1/i;1D3;;;. The van der Waals surface area contributed by atoms with Crippen LogP contribution in [0.3, 0.4) is 0 Å². The second-order valence-electron chi connectivity index (χ2n) is 33.3. The Balaban J connectivity index is 0.0000000864. The van der Waals surface area contributed by atoms with Crippen molar-refractivity contribution in [1.82, 2.24) is 86.4 Å². The van der Waals surface area contributed by atoms with Crippen LogP contribution in [0.2, 0.25) is 0 Å². The molecule has 0 atom stereocenters. The number of aromatic nitrogens is 23. The molecule has 0 saturated heterocycles. The minimum atomic E-state index is -2.34. The molecule has 5 aliphatic heterocycles. The molecule has 0 spiro atoms. The molecule has 20 aromatic heterocycles. The molecule has 0 fully saturated rings. The molecule has 0 N–H and O–H groups in total. The molecular weight excluding hydrogens is 1670 g/mol. The van der Waals surface area contributed by atoms with Crippen LogP contribution in [0.5, 0.6) is 0 Å². The van der Waals surface area contributed by atoms with Crippen LogP contribution in [-0.2, 0) is 46.7 Å². The number of hydrogen-bond acceptors (Lipinski definition) is 12. The molecule has 0 saturated carbocycles. The van der Waals surface area contributed by atoms with E-state index in [0.29, 0.717) is 29.8 Å². The third kappa shape index (κ3) is 11.4. The summed E-state index contributed by atoms with van der Waals surface area (Å²) in [5, 5.41) is 0. The molecule has 630 valence electrons. The second-order valence-corrected chi connectivity index (χ2v) is 34.3. The van der Waals surface area contributed by atoms with Crippen molar-refractivity contribution in [2.24, 2.45) is 14.0 Å². The average molecular weight is 1750 g/mol. The third-order valence-corrected chi connectivity index (χ3v) is 27.2. The summed E-state index contributed by atoms with van der Waals surface area (Å²) in [6, 6.07) is 103. The van der Waals surface area contributed by atoms with Gasteiger partial charge in [-0.3, -0.25) is 39.0 Å². The maximum absolute atomic E-state index is 8.22. The molecule has 0 aliphatic carbocycles. The monoisotopic (exact) mass is 1750 g/mol. The van der Waals surface area contributed by atoms with E-state index in [2.05, 4.69) is 273 Å². The lowest BCUT2D eigenvalue weighted by molar-refractivity contribution is -0.652. The number of benzene rings is 6. The predicted molar refractivity (Wildman–Crippen MR) is 513 cm³/mol. The Morgan fingerprint density at radius 3 is 1.00 bits per heavy atom. The summed E-state index contributed by atoms with van der Waals surface area (Å²) in [5.74, 6) is 5.54. The molecule has 26 aromatic rings. The van der Waals surface area contributed by atoms with E-state index in [9.17, 15) is 0 Å². The topological polar surface area (TPSA) is 201 Å². The van der Waals surface area contributed by atoms with Gasteiger partial charge in [-0.15, -0.1) is 0 Å². The second kappa shape index (κ2) is 30.0. The molecule has 0 unspecified atom stereocenters. The zero-order valence-electron chi connectivity index (χ0n) is 74.3. The van der Waals surface area contributed by atoms with Gasteiger partial charge in [0.05, 0.1) is 79.1 Å². The minimum Gasteiger partial charge on any atom is -0.417 e. The van der Waals surface area contributed by atoms with Crippen molar-refractivity contribution in [3.8, 4) is 91.1 Å². The summed E-state index contributed by atoms with van der Waals surface area (Å²) >= 11 is 1.80. The van der Waals surface area contributed by atoms with E-state index < -0.39 is 6.98 Å². The van der Waals surface area contributed by atoms with Gasteiger partial charge in [0, 0.05) is 62.0 Å². The molecule has 31 rings (SSSR count). The van der Waals surface area contributed by atoms with Crippen molar-refractivity contribution < 1.29 is 31.4 Å². The molecule has 133 heavy (non-hydrogen) atoms. The molecule has 0 radical (unpaired) electrons. The number of pyridine rings is 10. The van der Waals surface area contributed by atoms with Gasteiger partial charge in [-0.1, -0.05) is 121 Å². The maximum Gasteiger partial charge on any atom is 0.341 e. The van der Waals surface area contributed by atoms with Crippen LogP contribution < -0.4 is 22.8 Å². The largest absolute Gasteiger partial charge is 0.417 e. The molecule has 0 bridgehead atoms. The number of para-hydroxylation sites is 6. The third-order valence-electron chi connectivity index (χ3n) is 26.1. The van der Waals surface area contributed by atoms with E-state index in [4.69, 9.17) is 18.5 Å². The number of nitrogens with zero attached hydrogens (tertiary/aromatic N) is 23. The number of fused-ring (bicyclic) bond motifs is 35. The average Bonchev–Trinajstić information content (AvgIpc) is 1.54. The Kier molecular flexibility index (Phi) is 16.3. The fourth-order valence-electron chi connectivity index (χ4n) is 20.7. The summed E-state index contributed by atoms with van der Waals surface area (Å²) in [7, 11) is 2.12. The molecule has 0 amide bonds. The van der Waals surface area contributed by atoms with Gasteiger partial charge in [0.25, 0.3) is 28.6 Å². The van der Waals surface area contributed by atoms with Gasteiger partial charge in [-0.2, -0.15) is 13.7 Å². The minimum absolute atomic E-state index is 0.522. The maximum atomic E-state index is 8.22. The highest BCUT2D eigenvalue weighted by Crippen LogP contribution is 2.45. The van der Waals surface area contributed by atoms with Gasteiger partial charge in [-0.05, 0) is 194 Å². The molecule has 6 aromatic carbocycles. The number of hydrogen-bond donors (Lipinski definition) is 0. The number of rotatable bonds is 6. The summed E-state index contributed by atoms with van der Waals surface area (Å²) < 4.78 is 60.8. The van der Waals surface area contributed by atoms with E-state index in [1.165, 1.54) is 53.6 Å². The normalized spacial score (nSPS) is 13.0. The van der Waals surface area contributed by atoms with Crippen LogP contribution >= 0.6 is 11.3 Å². The summed E-state index contributed by atoms with van der Waals surface area (Å²) in [4.78, 5) is 47.6. The van der Waals surface area contributed by atoms with Crippen LogP contribution in [0.25, 0.3) is 201 Å². The number of imidazole rings is 5. The lowest BCUT2D eigenvalue weighted by atomic mass is 10.2. The molecule has 25 heteroatoms. The van der Waals surface area contributed by atoms with Crippen LogP contribution in [0, 0.1) is 0 Å². The highest BCUT2D eigenvalue weighted by Gasteiger charge is 2.45. The summed E-state index contributed by atoms with van der Waals surface area (Å²) in [6.45, 7) is 1.23. The molecule has 24 nitrogen and oxygen atoms in total. The van der Waals surface area contributed by atoms with Crippen molar-refractivity contribution in [1.29, 1.82) is 0 Å². The first kappa shape index (κ1) is 72.3. The molecule has 5 aliphatic rings. The van der Waals surface area contributed by atoms with Crippen molar-refractivity contribution in [3.05, 3.63) is 394 Å². The zero-order chi connectivity index (χ0) is 90.1. The fraction of sp³-hybridized carbons (Fsp3) is 0.0648. The van der Waals surface area contributed by atoms with E-state index in [1.807, 2.05) is 175 Å². The Bertz CT molecular complexity index is 9150. The molecular formula is C108H76N23OS+5. The lowest BCUT2D eigenvalue weighted by Crippen LogP contribution is -2.33. The Morgan fingerprint density at radius 2 is 0.564 bits per heavy atom. The van der Waals surface area contributed by atoms with Gasteiger partial charge < -0.3 is 4.42 Å². The first-order valence-corrected chi connectivity index (χ1v) is 44.9. The quantitative estimate of drug-likeness (QED) is 0.143. The van der Waals surface area contributed by atoms with Crippen LogP contribution in [-0.4, -0.2) is 86.4 Å². The van der Waals surface area contributed by atoms with Gasteiger partial charge in [0.2, 0.25) is 49.9 Å². The van der Waals surface area contributed by atoms with Gasteiger partial charge in [0.15, 0.2) is 11.1 Å². The Hall–Kier alpha value is -17.7. The highest BCUT2D eigenvalue weighted by atomic mass is 32.1. The van der Waals surface area contributed by atoms with Crippen molar-refractivity contribution in [2.45, 2.75) is 32.7 Å². The van der Waals surface area contributed by atoms with E-state index >= 15 is 0 Å². The van der Waals surface area contributed by atoms with Crippen LogP contribution in [0.1, 0.15) is 32.6 Å². The lowest BCUT2D eigenvalue weighted by Gasteiger charge is -2.04. The Morgan fingerprint density at radius 1 is 0.263 bits per heavy atom. The van der Waals surface area contributed by atoms with E-state index in [-0.39, 0.29) is 0 Å².